The van der Waals surface area contributed by atoms with Gasteiger partial charge in [0.05, 0.1) is 6.61 Å². The molecule has 15 heavy (non-hydrogen) atoms. The van der Waals surface area contributed by atoms with Crippen molar-refractivity contribution in [1.29, 1.82) is 0 Å². The smallest absolute Gasteiger partial charge is 0.333 e. The first-order valence-corrected chi connectivity index (χ1v) is 4.98. The Morgan fingerprint density at radius 1 is 1.47 bits per heavy atom. The quantitative estimate of drug-likeness (QED) is 0.556. The van der Waals surface area contributed by atoms with Gasteiger partial charge in [0, 0.05) is 12.0 Å². The Labute approximate surface area is 90.6 Å². The Kier molecular flexibility index (Phi) is 4.10. The molecule has 0 unspecified atom stereocenters. The monoisotopic (exact) mass is 204 g/mol. The summed E-state index contributed by atoms with van der Waals surface area (Å²) in [5, 5.41) is 0. The Bertz CT molecular complexity index is 367. The van der Waals surface area contributed by atoms with E-state index in [-0.39, 0.29) is 5.97 Å². The van der Waals surface area contributed by atoms with Crippen molar-refractivity contribution >= 4 is 5.97 Å². The minimum absolute atomic E-state index is 0.317. The van der Waals surface area contributed by atoms with E-state index in [1.165, 1.54) is 11.1 Å². The largest absolute Gasteiger partial charge is 0.462 e. The average molecular weight is 204 g/mol. The molecule has 2 nitrogen and oxygen atoms in total. The first-order chi connectivity index (χ1) is 7.09. The highest BCUT2D eigenvalue weighted by Crippen LogP contribution is 2.05. The molecule has 0 fully saturated rings. The maximum atomic E-state index is 11.1. The number of rotatable bonds is 4. The van der Waals surface area contributed by atoms with Crippen LogP contribution in [0.15, 0.2) is 36.4 Å². The van der Waals surface area contributed by atoms with Crippen LogP contribution < -0.4 is 0 Å². The number of carbonyl (C=O) groups is 1. The molecule has 1 rings (SSSR count). The van der Waals surface area contributed by atoms with E-state index in [9.17, 15) is 4.79 Å². The fraction of sp³-hybridized carbons (Fsp3) is 0.308. The van der Waals surface area contributed by atoms with Crippen molar-refractivity contribution in [2.75, 3.05) is 6.61 Å². The van der Waals surface area contributed by atoms with E-state index in [2.05, 4.69) is 12.6 Å². The first-order valence-electron chi connectivity index (χ1n) is 4.98. The lowest BCUT2D eigenvalue weighted by Crippen LogP contribution is -2.07. The second-order valence-corrected chi connectivity index (χ2v) is 3.66. The summed E-state index contributed by atoms with van der Waals surface area (Å²) in [7, 11) is 0. The molecule has 0 atom stereocenters. The summed E-state index contributed by atoms with van der Waals surface area (Å²) in [5.74, 6) is -0.317. The molecule has 0 aliphatic carbocycles. The molecule has 0 bridgehead atoms. The van der Waals surface area contributed by atoms with Crippen LogP contribution in [-0.4, -0.2) is 12.6 Å². The molecule has 0 radical (unpaired) electrons. The van der Waals surface area contributed by atoms with Crippen LogP contribution in [0.3, 0.4) is 0 Å². The van der Waals surface area contributed by atoms with Crippen LogP contribution in [0.25, 0.3) is 0 Å². The highest BCUT2D eigenvalue weighted by Gasteiger charge is 2.02. The van der Waals surface area contributed by atoms with E-state index in [0.29, 0.717) is 12.2 Å². The molecule has 0 saturated carbocycles. The molecule has 1 aromatic carbocycles. The zero-order valence-electron chi connectivity index (χ0n) is 9.25. The van der Waals surface area contributed by atoms with Crippen molar-refractivity contribution in [3.05, 3.63) is 47.5 Å². The maximum Gasteiger partial charge on any atom is 0.333 e. The van der Waals surface area contributed by atoms with Gasteiger partial charge in [-0.2, -0.15) is 0 Å². The van der Waals surface area contributed by atoms with Crippen LogP contribution in [0.5, 0.6) is 0 Å². The number of esters is 1. The first kappa shape index (κ1) is 11.5. The zero-order chi connectivity index (χ0) is 11.3. The van der Waals surface area contributed by atoms with Crippen molar-refractivity contribution in [2.45, 2.75) is 20.3 Å². The van der Waals surface area contributed by atoms with Crippen LogP contribution in [-0.2, 0) is 16.0 Å². The predicted molar refractivity (Wildman–Crippen MR) is 60.7 cm³/mol. The summed E-state index contributed by atoms with van der Waals surface area (Å²) < 4.78 is 5.01. The fourth-order valence-electron chi connectivity index (χ4n) is 1.25. The summed E-state index contributed by atoms with van der Waals surface area (Å²) in [4.78, 5) is 11.1. The molecule has 0 spiro atoms. The average Bonchev–Trinajstić information content (AvgIpc) is 2.17. The molecule has 1 aromatic rings. The van der Waals surface area contributed by atoms with E-state index in [0.717, 1.165) is 6.42 Å². The highest BCUT2D eigenvalue weighted by molar-refractivity contribution is 5.86. The van der Waals surface area contributed by atoms with Gasteiger partial charge in [-0.3, -0.25) is 0 Å². The summed E-state index contributed by atoms with van der Waals surface area (Å²) in [6.07, 6.45) is 0.751. The van der Waals surface area contributed by atoms with Crippen LogP contribution in [0.2, 0.25) is 0 Å². The van der Waals surface area contributed by atoms with Gasteiger partial charge in [0.1, 0.15) is 0 Å². The Hall–Kier alpha value is -1.57. The SMILES string of the molecule is C=C(C)C(=O)OCCc1cccc(C)c1. The highest BCUT2D eigenvalue weighted by atomic mass is 16.5. The van der Waals surface area contributed by atoms with Crippen LogP contribution >= 0.6 is 0 Å². The van der Waals surface area contributed by atoms with Gasteiger partial charge < -0.3 is 4.74 Å². The van der Waals surface area contributed by atoms with E-state index in [4.69, 9.17) is 4.74 Å². The van der Waals surface area contributed by atoms with Crippen molar-refractivity contribution in [3.8, 4) is 0 Å². The third kappa shape index (κ3) is 3.98. The molecule has 0 saturated heterocycles. The van der Waals surface area contributed by atoms with E-state index < -0.39 is 0 Å². The fourth-order valence-corrected chi connectivity index (χ4v) is 1.25. The van der Waals surface area contributed by atoms with Crippen molar-refractivity contribution in [3.63, 3.8) is 0 Å². The third-order valence-electron chi connectivity index (χ3n) is 2.05. The minimum Gasteiger partial charge on any atom is -0.462 e. The molecule has 80 valence electrons. The van der Waals surface area contributed by atoms with Crippen LogP contribution in [0, 0.1) is 6.92 Å². The van der Waals surface area contributed by atoms with Gasteiger partial charge in [-0.1, -0.05) is 36.4 Å². The van der Waals surface area contributed by atoms with Crippen molar-refractivity contribution in [1.82, 2.24) is 0 Å². The molecule has 0 heterocycles. The summed E-state index contributed by atoms with van der Waals surface area (Å²) in [5.41, 5.74) is 2.85. The lowest BCUT2D eigenvalue weighted by molar-refractivity contribution is -0.138. The molecule has 0 aliphatic rings. The van der Waals surface area contributed by atoms with E-state index in [1.54, 1.807) is 6.92 Å². The van der Waals surface area contributed by atoms with Gasteiger partial charge in [0.25, 0.3) is 0 Å². The van der Waals surface area contributed by atoms with Crippen molar-refractivity contribution < 1.29 is 9.53 Å². The van der Waals surface area contributed by atoms with Crippen molar-refractivity contribution in [2.24, 2.45) is 0 Å². The van der Waals surface area contributed by atoms with Gasteiger partial charge in [0.15, 0.2) is 0 Å². The molecule has 0 aliphatic heterocycles. The Morgan fingerprint density at radius 2 is 2.20 bits per heavy atom. The normalized spacial score (nSPS) is 9.73. The van der Waals surface area contributed by atoms with Crippen LogP contribution in [0.4, 0.5) is 0 Å². The number of hydrogen-bond donors (Lipinski definition) is 0. The molecule has 0 amide bonds. The summed E-state index contributed by atoms with van der Waals surface area (Å²) in [6, 6.07) is 8.17. The molecule has 0 aromatic heterocycles. The van der Waals surface area contributed by atoms with Gasteiger partial charge in [0.2, 0.25) is 0 Å². The second-order valence-electron chi connectivity index (χ2n) is 3.66. The molecule has 2 heteroatoms. The third-order valence-corrected chi connectivity index (χ3v) is 2.05. The van der Waals surface area contributed by atoms with Crippen LogP contribution in [0.1, 0.15) is 18.1 Å². The Morgan fingerprint density at radius 3 is 2.80 bits per heavy atom. The lowest BCUT2D eigenvalue weighted by Gasteiger charge is -2.04. The number of ether oxygens (including phenoxy) is 1. The standard InChI is InChI=1S/C13H16O2/c1-10(2)13(14)15-8-7-12-6-4-5-11(3)9-12/h4-6,9H,1,7-8H2,2-3H3. The second kappa shape index (κ2) is 5.35. The van der Waals surface area contributed by atoms with E-state index in [1.807, 2.05) is 25.1 Å². The van der Waals surface area contributed by atoms with Gasteiger partial charge in [-0.25, -0.2) is 4.79 Å². The molecular weight excluding hydrogens is 188 g/mol. The maximum absolute atomic E-state index is 11.1. The summed E-state index contributed by atoms with van der Waals surface area (Å²) in [6.45, 7) is 7.62. The van der Waals surface area contributed by atoms with Gasteiger partial charge >= 0.3 is 5.97 Å². The predicted octanol–water partition coefficient (Wildman–Crippen LogP) is 2.66. The minimum atomic E-state index is -0.317. The summed E-state index contributed by atoms with van der Waals surface area (Å²) >= 11 is 0. The lowest BCUT2D eigenvalue weighted by atomic mass is 10.1. The Balaban J connectivity index is 2.38. The van der Waals surface area contributed by atoms with Gasteiger partial charge in [-0.15, -0.1) is 0 Å². The van der Waals surface area contributed by atoms with Gasteiger partial charge in [-0.05, 0) is 19.4 Å². The number of carbonyl (C=O) groups excluding carboxylic acids is 1. The number of benzene rings is 1. The number of hydrogen-bond acceptors (Lipinski definition) is 2. The zero-order valence-corrected chi connectivity index (χ0v) is 9.25. The van der Waals surface area contributed by atoms with E-state index >= 15 is 0 Å². The molecule has 0 N–H and O–H groups in total. The topological polar surface area (TPSA) is 26.3 Å². The molecular formula is C13H16O2. The number of aryl methyl sites for hydroxylation is 1.